The van der Waals surface area contributed by atoms with E-state index in [1.807, 2.05) is 0 Å². The molecule has 1 saturated carbocycles. The van der Waals surface area contributed by atoms with Gasteiger partial charge < -0.3 is 9.84 Å². The molecule has 0 aromatic heterocycles. The van der Waals surface area contributed by atoms with E-state index in [1.165, 1.54) is 0 Å². The van der Waals surface area contributed by atoms with E-state index in [4.69, 9.17) is 16.3 Å². The number of hydrogen-bond acceptors (Lipinski definition) is 3. The molecule has 0 saturated heterocycles. The topological polar surface area (TPSA) is 46.5 Å². The zero-order chi connectivity index (χ0) is 13.1. The molecular formula is C14H17ClO3. The fourth-order valence-electron chi connectivity index (χ4n) is 2.43. The predicted octanol–water partition coefficient (Wildman–Crippen LogP) is 3.08. The van der Waals surface area contributed by atoms with Gasteiger partial charge in [-0.15, -0.1) is 0 Å². The minimum atomic E-state index is -0.254. The van der Waals surface area contributed by atoms with E-state index in [1.54, 1.807) is 25.3 Å². The standard InChI is InChI=1S/C14H17ClO3/c1-18-13-7-4-10(15)8-12(13)14(17)9-2-5-11(16)6-3-9/h4,7-9,11,16H,2-3,5-6H2,1H3. The summed E-state index contributed by atoms with van der Waals surface area (Å²) >= 11 is 5.93. The summed E-state index contributed by atoms with van der Waals surface area (Å²) in [6, 6.07) is 5.09. The lowest BCUT2D eigenvalue weighted by Crippen LogP contribution is -2.24. The van der Waals surface area contributed by atoms with Crippen molar-refractivity contribution in [3.05, 3.63) is 28.8 Å². The molecular weight excluding hydrogens is 252 g/mol. The maximum atomic E-state index is 12.4. The summed E-state index contributed by atoms with van der Waals surface area (Å²) < 4.78 is 5.20. The van der Waals surface area contributed by atoms with Gasteiger partial charge in [-0.05, 0) is 43.9 Å². The number of ether oxygens (including phenoxy) is 1. The van der Waals surface area contributed by atoms with Crippen LogP contribution in [0.25, 0.3) is 0 Å². The first kappa shape index (κ1) is 13.4. The number of Topliss-reactive ketones (excluding diaryl/α,β-unsaturated/α-hetero) is 1. The third-order valence-electron chi connectivity index (χ3n) is 3.49. The molecule has 1 N–H and O–H groups in total. The Balaban J connectivity index is 2.20. The van der Waals surface area contributed by atoms with E-state index in [0.29, 0.717) is 29.2 Å². The van der Waals surface area contributed by atoms with E-state index in [-0.39, 0.29) is 17.8 Å². The zero-order valence-electron chi connectivity index (χ0n) is 10.4. The van der Waals surface area contributed by atoms with Gasteiger partial charge in [-0.1, -0.05) is 11.6 Å². The van der Waals surface area contributed by atoms with Crippen LogP contribution in [0, 0.1) is 5.92 Å². The molecule has 1 aromatic rings. The van der Waals surface area contributed by atoms with Gasteiger partial charge in [0.25, 0.3) is 0 Å². The van der Waals surface area contributed by atoms with Crippen molar-refractivity contribution in [2.24, 2.45) is 5.92 Å². The Hall–Kier alpha value is -1.06. The molecule has 98 valence electrons. The van der Waals surface area contributed by atoms with E-state index < -0.39 is 0 Å². The van der Waals surface area contributed by atoms with Crippen LogP contribution in [-0.2, 0) is 0 Å². The van der Waals surface area contributed by atoms with Gasteiger partial charge in [-0.2, -0.15) is 0 Å². The lowest BCUT2D eigenvalue weighted by atomic mass is 9.82. The molecule has 0 radical (unpaired) electrons. The molecule has 0 aliphatic heterocycles. The van der Waals surface area contributed by atoms with E-state index in [2.05, 4.69) is 0 Å². The second-order valence-corrected chi connectivity index (χ2v) is 5.15. The van der Waals surface area contributed by atoms with Crippen LogP contribution in [0.1, 0.15) is 36.0 Å². The van der Waals surface area contributed by atoms with Gasteiger partial charge >= 0.3 is 0 Å². The number of rotatable bonds is 3. The van der Waals surface area contributed by atoms with Crippen molar-refractivity contribution >= 4 is 17.4 Å². The largest absolute Gasteiger partial charge is 0.496 e. The summed E-state index contributed by atoms with van der Waals surface area (Å²) in [6.07, 6.45) is 2.60. The summed E-state index contributed by atoms with van der Waals surface area (Å²) in [6.45, 7) is 0. The SMILES string of the molecule is COc1ccc(Cl)cc1C(=O)C1CCC(O)CC1. The quantitative estimate of drug-likeness (QED) is 0.857. The third kappa shape index (κ3) is 2.85. The molecule has 1 aliphatic carbocycles. The highest BCUT2D eigenvalue weighted by Gasteiger charge is 2.27. The molecule has 0 bridgehead atoms. The number of methoxy groups -OCH3 is 1. The molecule has 18 heavy (non-hydrogen) atoms. The molecule has 0 heterocycles. The lowest BCUT2D eigenvalue weighted by molar-refractivity contribution is 0.0762. The van der Waals surface area contributed by atoms with Crippen LogP contribution >= 0.6 is 11.6 Å². The van der Waals surface area contributed by atoms with Crippen LogP contribution in [0.15, 0.2) is 18.2 Å². The Morgan fingerprint density at radius 2 is 2.00 bits per heavy atom. The van der Waals surface area contributed by atoms with Gasteiger partial charge in [0.15, 0.2) is 5.78 Å². The molecule has 2 rings (SSSR count). The van der Waals surface area contributed by atoms with Crippen molar-refractivity contribution in [3.63, 3.8) is 0 Å². The zero-order valence-corrected chi connectivity index (χ0v) is 11.1. The van der Waals surface area contributed by atoms with Gasteiger partial charge in [0, 0.05) is 10.9 Å². The van der Waals surface area contributed by atoms with Gasteiger partial charge in [0.2, 0.25) is 0 Å². The van der Waals surface area contributed by atoms with E-state index in [9.17, 15) is 9.90 Å². The number of ketones is 1. The highest BCUT2D eigenvalue weighted by Crippen LogP contribution is 2.31. The van der Waals surface area contributed by atoms with Crippen molar-refractivity contribution in [3.8, 4) is 5.75 Å². The summed E-state index contributed by atoms with van der Waals surface area (Å²) in [5, 5.41) is 10.0. The summed E-state index contributed by atoms with van der Waals surface area (Å²) in [4.78, 5) is 12.4. The number of aliphatic hydroxyl groups excluding tert-OH is 1. The maximum Gasteiger partial charge on any atom is 0.169 e. The van der Waals surface area contributed by atoms with Crippen LogP contribution in [0.5, 0.6) is 5.75 Å². The number of aliphatic hydroxyl groups is 1. The number of carbonyl (C=O) groups excluding carboxylic acids is 1. The Morgan fingerprint density at radius 1 is 1.33 bits per heavy atom. The Bertz CT molecular complexity index is 437. The molecule has 1 aliphatic rings. The van der Waals surface area contributed by atoms with Crippen molar-refractivity contribution < 1.29 is 14.6 Å². The lowest BCUT2D eigenvalue weighted by Gasteiger charge is -2.24. The first-order valence-corrected chi connectivity index (χ1v) is 6.55. The number of carbonyl (C=O) groups is 1. The van der Waals surface area contributed by atoms with Gasteiger partial charge in [0.05, 0.1) is 18.8 Å². The van der Waals surface area contributed by atoms with Crippen molar-refractivity contribution in [1.82, 2.24) is 0 Å². The first-order chi connectivity index (χ1) is 8.61. The second-order valence-electron chi connectivity index (χ2n) is 4.71. The Labute approximate surface area is 112 Å². The maximum absolute atomic E-state index is 12.4. The van der Waals surface area contributed by atoms with Crippen LogP contribution < -0.4 is 4.74 Å². The molecule has 4 heteroatoms. The van der Waals surface area contributed by atoms with Crippen LogP contribution in [0.2, 0.25) is 5.02 Å². The van der Waals surface area contributed by atoms with Crippen molar-refractivity contribution in [2.45, 2.75) is 31.8 Å². The van der Waals surface area contributed by atoms with Gasteiger partial charge in [0.1, 0.15) is 5.75 Å². The molecule has 0 spiro atoms. The minimum Gasteiger partial charge on any atom is -0.496 e. The van der Waals surface area contributed by atoms with Gasteiger partial charge in [-0.25, -0.2) is 0 Å². The molecule has 3 nitrogen and oxygen atoms in total. The summed E-state index contributed by atoms with van der Waals surface area (Å²) in [5.74, 6) is 0.609. The summed E-state index contributed by atoms with van der Waals surface area (Å²) in [7, 11) is 1.55. The third-order valence-corrected chi connectivity index (χ3v) is 3.73. The molecule has 0 unspecified atom stereocenters. The first-order valence-electron chi connectivity index (χ1n) is 6.17. The van der Waals surface area contributed by atoms with Crippen LogP contribution in [0.3, 0.4) is 0 Å². The number of benzene rings is 1. The average Bonchev–Trinajstić information content (AvgIpc) is 2.39. The molecule has 1 fully saturated rings. The highest BCUT2D eigenvalue weighted by atomic mass is 35.5. The highest BCUT2D eigenvalue weighted by molar-refractivity contribution is 6.31. The summed E-state index contributed by atoms with van der Waals surface area (Å²) in [5.41, 5.74) is 0.548. The predicted molar refractivity (Wildman–Crippen MR) is 70.3 cm³/mol. The second kappa shape index (κ2) is 5.72. The molecule has 1 aromatic carbocycles. The number of hydrogen-bond donors (Lipinski definition) is 1. The average molecular weight is 269 g/mol. The normalized spacial score (nSPS) is 23.7. The minimum absolute atomic E-state index is 0.0271. The van der Waals surface area contributed by atoms with Crippen LogP contribution in [-0.4, -0.2) is 24.1 Å². The monoisotopic (exact) mass is 268 g/mol. The Morgan fingerprint density at radius 3 is 2.61 bits per heavy atom. The van der Waals surface area contributed by atoms with Crippen LogP contribution in [0.4, 0.5) is 0 Å². The van der Waals surface area contributed by atoms with Crippen molar-refractivity contribution in [1.29, 1.82) is 0 Å². The fourth-order valence-corrected chi connectivity index (χ4v) is 2.60. The van der Waals surface area contributed by atoms with E-state index >= 15 is 0 Å². The smallest absolute Gasteiger partial charge is 0.169 e. The van der Waals surface area contributed by atoms with E-state index in [0.717, 1.165) is 12.8 Å². The van der Waals surface area contributed by atoms with Crippen molar-refractivity contribution in [2.75, 3.05) is 7.11 Å². The Kier molecular flexibility index (Phi) is 4.25. The molecule has 0 atom stereocenters. The number of halogens is 1. The molecule has 0 amide bonds. The fraction of sp³-hybridized carbons (Fsp3) is 0.500. The van der Waals surface area contributed by atoms with Gasteiger partial charge in [-0.3, -0.25) is 4.79 Å².